The molecule has 0 aliphatic heterocycles. The first-order chi connectivity index (χ1) is 10.5. The van der Waals surface area contributed by atoms with Gasteiger partial charge in [0.1, 0.15) is 22.8 Å². The topological polar surface area (TPSA) is 82.1 Å². The van der Waals surface area contributed by atoms with Crippen LogP contribution in [0.15, 0.2) is 42.5 Å². The second kappa shape index (κ2) is 6.62. The van der Waals surface area contributed by atoms with Crippen molar-refractivity contribution in [2.75, 3.05) is 14.2 Å². The standard InChI is InChI=1S/C16H14O6/c1-20-11-5-3-10(4-6-11)15(18)22-12-7-8-13(14(17)9-12)16(19)21-2/h3-9,17H,1-2H3. The molecule has 0 unspecified atom stereocenters. The summed E-state index contributed by atoms with van der Waals surface area (Å²) in [6.07, 6.45) is 0. The highest BCUT2D eigenvalue weighted by Crippen LogP contribution is 2.25. The Labute approximate surface area is 126 Å². The number of ether oxygens (including phenoxy) is 3. The number of aromatic hydroxyl groups is 1. The largest absolute Gasteiger partial charge is 0.507 e. The molecule has 114 valence electrons. The van der Waals surface area contributed by atoms with Crippen molar-refractivity contribution in [2.45, 2.75) is 0 Å². The predicted molar refractivity (Wildman–Crippen MR) is 77.4 cm³/mol. The molecule has 22 heavy (non-hydrogen) atoms. The van der Waals surface area contributed by atoms with E-state index >= 15 is 0 Å². The monoisotopic (exact) mass is 302 g/mol. The van der Waals surface area contributed by atoms with Crippen LogP contribution < -0.4 is 9.47 Å². The molecule has 0 aliphatic carbocycles. The summed E-state index contributed by atoms with van der Waals surface area (Å²) in [5, 5.41) is 9.74. The van der Waals surface area contributed by atoms with Gasteiger partial charge in [-0.15, -0.1) is 0 Å². The Morgan fingerprint density at radius 3 is 2.09 bits per heavy atom. The second-order valence-corrected chi connectivity index (χ2v) is 4.29. The van der Waals surface area contributed by atoms with Gasteiger partial charge in [0, 0.05) is 6.07 Å². The first-order valence-corrected chi connectivity index (χ1v) is 6.32. The molecule has 2 aromatic carbocycles. The van der Waals surface area contributed by atoms with Crippen molar-refractivity contribution >= 4 is 11.9 Å². The van der Waals surface area contributed by atoms with Gasteiger partial charge in [0.15, 0.2) is 0 Å². The van der Waals surface area contributed by atoms with Gasteiger partial charge < -0.3 is 19.3 Å². The Kier molecular flexibility index (Phi) is 4.63. The third-order valence-corrected chi connectivity index (χ3v) is 2.91. The van der Waals surface area contributed by atoms with Gasteiger partial charge in [-0.2, -0.15) is 0 Å². The van der Waals surface area contributed by atoms with Crippen LogP contribution in [0.2, 0.25) is 0 Å². The smallest absolute Gasteiger partial charge is 0.343 e. The van der Waals surface area contributed by atoms with Crippen LogP contribution >= 0.6 is 0 Å². The van der Waals surface area contributed by atoms with E-state index in [-0.39, 0.29) is 17.1 Å². The number of methoxy groups -OCH3 is 2. The fourth-order valence-electron chi connectivity index (χ4n) is 1.75. The van der Waals surface area contributed by atoms with Crippen LogP contribution in [-0.2, 0) is 4.74 Å². The summed E-state index contributed by atoms with van der Waals surface area (Å²) >= 11 is 0. The number of phenols is 1. The molecule has 0 atom stereocenters. The average Bonchev–Trinajstić information content (AvgIpc) is 2.54. The van der Waals surface area contributed by atoms with E-state index in [2.05, 4.69) is 4.74 Å². The molecule has 1 N–H and O–H groups in total. The maximum absolute atomic E-state index is 12.0. The summed E-state index contributed by atoms with van der Waals surface area (Å²) in [6.45, 7) is 0. The van der Waals surface area contributed by atoms with Gasteiger partial charge in [0.25, 0.3) is 0 Å². The van der Waals surface area contributed by atoms with Crippen LogP contribution in [-0.4, -0.2) is 31.3 Å². The number of carbonyl (C=O) groups is 2. The van der Waals surface area contributed by atoms with Crippen molar-refractivity contribution in [1.29, 1.82) is 0 Å². The molecular weight excluding hydrogens is 288 g/mol. The van der Waals surface area contributed by atoms with E-state index in [0.717, 1.165) is 0 Å². The number of hydrogen-bond acceptors (Lipinski definition) is 6. The van der Waals surface area contributed by atoms with E-state index in [4.69, 9.17) is 9.47 Å². The minimum Gasteiger partial charge on any atom is -0.507 e. The van der Waals surface area contributed by atoms with Crippen molar-refractivity contribution in [1.82, 2.24) is 0 Å². The first-order valence-electron chi connectivity index (χ1n) is 6.32. The molecule has 2 aromatic rings. The van der Waals surface area contributed by atoms with Gasteiger partial charge in [-0.1, -0.05) is 0 Å². The molecular formula is C16H14O6. The predicted octanol–water partition coefficient (Wildman–Crippen LogP) is 2.41. The Bertz CT molecular complexity index is 690. The van der Waals surface area contributed by atoms with Crippen LogP contribution in [0.5, 0.6) is 17.2 Å². The fraction of sp³-hybridized carbons (Fsp3) is 0.125. The highest BCUT2D eigenvalue weighted by atomic mass is 16.5. The number of phenolic OH excluding ortho intramolecular Hbond substituents is 1. The average molecular weight is 302 g/mol. The Morgan fingerprint density at radius 1 is 0.909 bits per heavy atom. The van der Waals surface area contributed by atoms with Gasteiger partial charge >= 0.3 is 11.9 Å². The molecule has 0 saturated heterocycles. The third-order valence-electron chi connectivity index (χ3n) is 2.91. The van der Waals surface area contributed by atoms with Crippen molar-refractivity contribution in [3.63, 3.8) is 0 Å². The molecule has 0 amide bonds. The minimum atomic E-state index is -0.675. The van der Waals surface area contributed by atoms with Crippen molar-refractivity contribution in [3.8, 4) is 17.2 Å². The summed E-state index contributed by atoms with van der Waals surface area (Å²) in [7, 11) is 2.73. The first kappa shape index (κ1) is 15.4. The molecule has 0 fully saturated rings. The zero-order valence-corrected chi connectivity index (χ0v) is 12.0. The van der Waals surface area contributed by atoms with Crippen LogP contribution in [0.4, 0.5) is 0 Å². The third kappa shape index (κ3) is 3.35. The summed E-state index contributed by atoms with van der Waals surface area (Å²) < 4.78 is 14.6. The Morgan fingerprint density at radius 2 is 1.55 bits per heavy atom. The lowest BCUT2D eigenvalue weighted by molar-refractivity contribution is 0.0597. The van der Waals surface area contributed by atoms with Crippen molar-refractivity contribution in [3.05, 3.63) is 53.6 Å². The molecule has 0 saturated carbocycles. The van der Waals surface area contributed by atoms with E-state index in [1.807, 2.05) is 0 Å². The fourth-order valence-corrected chi connectivity index (χ4v) is 1.75. The van der Waals surface area contributed by atoms with Gasteiger partial charge in [-0.05, 0) is 36.4 Å². The van der Waals surface area contributed by atoms with Crippen LogP contribution in [0.25, 0.3) is 0 Å². The number of carbonyl (C=O) groups excluding carboxylic acids is 2. The molecule has 2 rings (SSSR count). The second-order valence-electron chi connectivity index (χ2n) is 4.29. The minimum absolute atomic E-state index is 0.00764. The highest BCUT2D eigenvalue weighted by Gasteiger charge is 2.14. The quantitative estimate of drug-likeness (QED) is 0.690. The lowest BCUT2D eigenvalue weighted by atomic mass is 10.2. The number of esters is 2. The van der Waals surface area contributed by atoms with Gasteiger partial charge in [-0.3, -0.25) is 0 Å². The van der Waals surface area contributed by atoms with Crippen LogP contribution in [0.1, 0.15) is 20.7 Å². The van der Waals surface area contributed by atoms with Gasteiger partial charge in [0.05, 0.1) is 19.8 Å². The summed E-state index contributed by atoms with van der Waals surface area (Å²) in [6, 6.07) is 10.3. The molecule has 0 aliphatic rings. The molecule has 0 heterocycles. The molecule has 6 nitrogen and oxygen atoms in total. The molecule has 0 aromatic heterocycles. The zero-order chi connectivity index (χ0) is 16.1. The SMILES string of the molecule is COC(=O)c1ccc(OC(=O)c2ccc(OC)cc2)cc1O. The normalized spacial score (nSPS) is 9.91. The highest BCUT2D eigenvalue weighted by molar-refractivity contribution is 5.93. The lowest BCUT2D eigenvalue weighted by Crippen LogP contribution is -2.09. The number of benzene rings is 2. The molecule has 0 spiro atoms. The summed E-state index contributed by atoms with van der Waals surface area (Å²) in [5.74, 6) is -0.854. The summed E-state index contributed by atoms with van der Waals surface area (Å²) in [4.78, 5) is 23.3. The van der Waals surface area contributed by atoms with Gasteiger partial charge in [0.2, 0.25) is 0 Å². The maximum Gasteiger partial charge on any atom is 0.343 e. The van der Waals surface area contributed by atoms with E-state index in [0.29, 0.717) is 11.3 Å². The summed E-state index contributed by atoms with van der Waals surface area (Å²) in [5.41, 5.74) is 0.323. The Hall–Kier alpha value is -3.02. The van der Waals surface area contributed by atoms with Crippen LogP contribution in [0.3, 0.4) is 0 Å². The molecule has 0 radical (unpaired) electrons. The van der Waals surface area contributed by atoms with Gasteiger partial charge in [-0.25, -0.2) is 9.59 Å². The van der Waals surface area contributed by atoms with Crippen LogP contribution in [0, 0.1) is 0 Å². The lowest BCUT2D eigenvalue weighted by Gasteiger charge is -2.07. The van der Waals surface area contributed by atoms with Crippen molar-refractivity contribution in [2.24, 2.45) is 0 Å². The molecule has 6 heteroatoms. The maximum atomic E-state index is 12.0. The number of rotatable bonds is 4. The van der Waals surface area contributed by atoms with E-state index in [1.54, 1.807) is 24.3 Å². The molecule has 0 bridgehead atoms. The number of hydrogen-bond donors (Lipinski definition) is 1. The zero-order valence-electron chi connectivity index (χ0n) is 12.0. The van der Waals surface area contributed by atoms with E-state index in [1.165, 1.54) is 32.4 Å². The Balaban J connectivity index is 2.14. The van der Waals surface area contributed by atoms with E-state index in [9.17, 15) is 14.7 Å². The van der Waals surface area contributed by atoms with E-state index < -0.39 is 11.9 Å². The van der Waals surface area contributed by atoms with Crippen molar-refractivity contribution < 1.29 is 28.9 Å².